The first-order chi connectivity index (χ1) is 9.29. The minimum atomic E-state index is -3.44. The fourth-order valence-electron chi connectivity index (χ4n) is 2.32. The average molecular weight is 296 g/mol. The summed E-state index contributed by atoms with van der Waals surface area (Å²) in [5.74, 6) is 0. The van der Waals surface area contributed by atoms with Gasteiger partial charge in [0.2, 0.25) is 10.0 Å². The Balaban J connectivity index is 2.40. The molecule has 0 saturated carbocycles. The van der Waals surface area contributed by atoms with E-state index in [1.165, 1.54) is 4.31 Å². The molecule has 0 unspecified atom stereocenters. The van der Waals surface area contributed by atoms with Crippen molar-refractivity contribution in [1.29, 1.82) is 0 Å². The van der Waals surface area contributed by atoms with Crippen LogP contribution in [0, 0.1) is 0 Å². The number of aryl methyl sites for hydroxylation is 1. The Morgan fingerprint density at radius 1 is 1.35 bits per heavy atom. The van der Waals surface area contributed by atoms with Crippen molar-refractivity contribution in [2.45, 2.75) is 50.5 Å². The Hall–Kier alpha value is -1.07. The zero-order valence-corrected chi connectivity index (χ0v) is 13.5. The lowest BCUT2D eigenvalue weighted by molar-refractivity contribution is 0.257. The Morgan fingerprint density at radius 3 is 2.70 bits per heavy atom. The summed E-state index contributed by atoms with van der Waals surface area (Å²) in [6.45, 7) is 6.86. The van der Waals surface area contributed by atoms with Crippen molar-refractivity contribution in [1.82, 2.24) is 4.31 Å². The number of nitrogens with one attached hydrogen (secondary N) is 1. The van der Waals surface area contributed by atoms with E-state index in [0.717, 1.165) is 37.1 Å². The number of nitrogens with zero attached hydrogens (tertiary/aromatic N) is 1. The zero-order valence-electron chi connectivity index (χ0n) is 12.7. The van der Waals surface area contributed by atoms with Gasteiger partial charge < -0.3 is 5.32 Å². The van der Waals surface area contributed by atoms with Crippen LogP contribution in [0.5, 0.6) is 0 Å². The molecule has 0 saturated heterocycles. The molecule has 2 rings (SSSR count). The van der Waals surface area contributed by atoms with E-state index >= 15 is 0 Å². The van der Waals surface area contributed by atoms with Crippen molar-refractivity contribution in [3.05, 3.63) is 23.8 Å². The van der Waals surface area contributed by atoms with Crippen LogP contribution in [0.3, 0.4) is 0 Å². The molecule has 1 heterocycles. The molecule has 1 aromatic rings. The van der Waals surface area contributed by atoms with E-state index in [1.54, 1.807) is 13.1 Å². The monoisotopic (exact) mass is 296 g/mol. The second-order valence-electron chi connectivity index (χ2n) is 5.99. The third-order valence-electron chi connectivity index (χ3n) is 4.39. The van der Waals surface area contributed by atoms with Gasteiger partial charge in [0.1, 0.15) is 0 Å². The summed E-state index contributed by atoms with van der Waals surface area (Å²) in [5.41, 5.74) is 1.78. The third kappa shape index (κ3) is 2.69. The molecule has 1 aromatic carbocycles. The SMILES string of the molecule is CCC(C)(C)N(C)S(=O)(=O)c1ccc2c(c1)CCCN2. The number of hydrogen-bond donors (Lipinski definition) is 1. The molecule has 0 bridgehead atoms. The number of hydrogen-bond acceptors (Lipinski definition) is 3. The lowest BCUT2D eigenvalue weighted by Gasteiger charge is -2.34. The van der Waals surface area contributed by atoms with E-state index in [4.69, 9.17) is 0 Å². The predicted molar refractivity (Wildman–Crippen MR) is 82.6 cm³/mol. The van der Waals surface area contributed by atoms with E-state index in [1.807, 2.05) is 32.9 Å². The Bertz CT molecular complexity index is 594. The highest BCUT2D eigenvalue weighted by atomic mass is 32.2. The van der Waals surface area contributed by atoms with E-state index in [0.29, 0.717) is 4.90 Å². The summed E-state index contributed by atoms with van der Waals surface area (Å²) in [5, 5.41) is 3.30. The Morgan fingerprint density at radius 2 is 2.05 bits per heavy atom. The van der Waals surface area contributed by atoms with Gasteiger partial charge in [0.25, 0.3) is 0 Å². The fourth-order valence-corrected chi connectivity index (χ4v) is 3.95. The van der Waals surface area contributed by atoms with Crippen LogP contribution in [0.25, 0.3) is 0 Å². The minimum Gasteiger partial charge on any atom is -0.385 e. The van der Waals surface area contributed by atoms with E-state index in [9.17, 15) is 8.42 Å². The van der Waals surface area contributed by atoms with E-state index in [2.05, 4.69) is 5.32 Å². The molecule has 1 aliphatic heterocycles. The lowest BCUT2D eigenvalue weighted by atomic mass is 10.0. The highest BCUT2D eigenvalue weighted by molar-refractivity contribution is 7.89. The summed E-state index contributed by atoms with van der Waals surface area (Å²) in [6.07, 6.45) is 2.76. The van der Waals surface area contributed by atoms with Gasteiger partial charge >= 0.3 is 0 Å². The van der Waals surface area contributed by atoms with Gasteiger partial charge in [0.15, 0.2) is 0 Å². The summed E-state index contributed by atoms with van der Waals surface area (Å²) >= 11 is 0. The number of rotatable bonds is 4. The first-order valence-corrected chi connectivity index (χ1v) is 8.59. The molecule has 20 heavy (non-hydrogen) atoms. The molecule has 1 N–H and O–H groups in total. The topological polar surface area (TPSA) is 49.4 Å². The first-order valence-electron chi connectivity index (χ1n) is 7.15. The quantitative estimate of drug-likeness (QED) is 0.929. The van der Waals surface area contributed by atoms with E-state index < -0.39 is 10.0 Å². The Labute approximate surface area is 122 Å². The van der Waals surface area contributed by atoms with Gasteiger partial charge in [-0.1, -0.05) is 6.92 Å². The molecule has 0 aromatic heterocycles. The first kappa shape index (κ1) is 15.3. The van der Waals surface area contributed by atoms with Crippen LogP contribution in [0.4, 0.5) is 5.69 Å². The van der Waals surface area contributed by atoms with Crippen molar-refractivity contribution in [2.75, 3.05) is 18.9 Å². The maximum absolute atomic E-state index is 12.7. The summed E-state index contributed by atoms with van der Waals surface area (Å²) in [6, 6.07) is 5.40. The van der Waals surface area contributed by atoms with Gasteiger partial charge in [-0.15, -0.1) is 0 Å². The molecule has 0 radical (unpaired) electrons. The predicted octanol–water partition coefficient (Wildman–Crippen LogP) is 2.85. The highest BCUT2D eigenvalue weighted by Gasteiger charge is 2.33. The van der Waals surface area contributed by atoms with Crippen LogP contribution < -0.4 is 5.32 Å². The smallest absolute Gasteiger partial charge is 0.243 e. The summed E-state index contributed by atoms with van der Waals surface area (Å²) < 4.78 is 26.9. The second kappa shape index (κ2) is 5.37. The number of anilines is 1. The lowest BCUT2D eigenvalue weighted by Crippen LogP contribution is -2.44. The number of sulfonamides is 1. The van der Waals surface area contributed by atoms with Crippen LogP contribution >= 0.6 is 0 Å². The van der Waals surface area contributed by atoms with E-state index in [-0.39, 0.29) is 5.54 Å². The summed E-state index contributed by atoms with van der Waals surface area (Å²) in [7, 11) is -1.77. The maximum Gasteiger partial charge on any atom is 0.243 e. The minimum absolute atomic E-state index is 0.382. The molecule has 0 fully saturated rings. The van der Waals surface area contributed by atoms with Gasteiger partial charge in [-0.3, -0.25) is 0 Å². The van der Waals surface area contributed by atoms with Crippen LogP contribution in [-0.2, 0) is 16.4 Å². The van der Waals surface area contributed by atoms with Gasteiger partial charge in [-0.25, -0.2) is 8.42 Å². The standard InChI is InChI=1S/C15H24N2O2S/c1-5-15(2,3)17(4)20(18,19)13-8-9-14-12(11-13)7-6-10-16-14/h8-9,11,16H,5-7,10H2,1-4H3. The number of fused-ring (bicyclic) bond motifs is 1. The Kier molecular flexibility index (Phi) is 4.12. The van der Waals surface area contributed by atoms with Crippen LogP contribution in [0.2, 0.25) is 0 Å². The maximum atomic E-state index is 12.7. The largest absolute Gasteiger partial charge is 0.385 e. The van der Waals surface area contributed by atoms with Crippen LogP contribution in [0.1, 0.15) is 39.2 Å². The molecule has 4 nitrogen and oxygen atoms in total. The molecule has 5 heteroatoms. The summed E-state index contributed by atoms with van der Waals surface area (Å²) in [4.78, 5) is 0.393. The van der Waals surface area contributed by atoms with Crippen molar-refractivity contribution < 1.29 is 8.42 Å². The van der Waals surface area contributed by atoms with Crippen LogP contribution in [-0.4, -0.2) is 31.9 Å². The highest BCUT2D eigenvalue weighted by Crippen LogP contribution is 2.29. The third-order valence-corrected chi connectivity index (χ3v) is 6.46. The van der Waals surface area contributed by atoms with Gasteiger partial charge in [-0.2, -0.15) is 4.31 Å². The normalized spacial score (nSPS) is 15.8. The molecular formula is C15H24N2O2S. The van der Waals surface area contributed by atoms with Crippen molar-refractivity contribution in [2.24, 2.45) is 0 Å². The van der Waals surface area contributed by atoms with Crippen molar-refractivity contribution in [3.8, 4) is 0 Å². The molecule has 0 atom stereocenters. The molecule has 0 aliphatic carbocycles. The average Bonchev–Trinajstić information content (AvgIpc) is 2.45. The molecular weight excluding hydrogens is 272 g/mol. The molecule has 112 valence electrons. The molecule has 0 spiro atoms. The molecule has 0 amide bonds. The van der Waals surface area contributed by atoms with Crippen molar-refractivity contribution >= 4 is 15.7 Å². The second-order valence-corrected chi connectivity index (χ2v) is 7.96. The van der Waals surface area contributed by atoms with Crippen molar-refractivity contribution in [3.63, 3.8) is 0 Å². The number of benzene rings is 1. The molecule has 1 aliphatic rings. The van der Waals surface area contributed by atoms with Gasteiger partial charge in [0, 0.05) is 24.8 Å². The zero-order chi connectivity index (χ0) is 15.0. The van der Waals surface area contributed by atoms with Gasteiger partial charge in [-0.05, 0) is 56.9 Å². The van der Waals surface area contributed by atoms with Gasteiger partial charge in [0.05, 0.1) is 4.90 Å². The van der Waals surface area contributed by atoms with Crippen LogP contribution in [0.15, 0.2) is 23.1 Å². The fraction of sp³-hybridized carbons (Fsp3) is 0.600.